The van der Waals surface area contributed by atoms with Crippen LogP contribution in [0.1, 0.15) is 10.4 Å². The van der Waals surface area contributed by atoms with Crippen molar-refractivity contribution in [2.75, 3.05) is 19.0 Å². The molecule has 0 fully saturated rings. The van der Waals surface area contributed by atoms with Crippen LogP contribution in [0.15, 0.2) is 10.9 Å². The van der Waals surface area contributed by atoms with Gasteiger partial charge in [-0.15, -0.1) is 0 Å². The second-order valence-electron chi connectivity index (χ2n) is 2.67. The minimum Gasteiger partial charge on any atom is -0.477 e. The molecule has 0 saturated carbocycles. The number of carboxylic acids is 1. The summed E-state index contributed by atoms with van der Waals surface area (Å²) in [6, 6.07) is 1.22. The molecule has 0 radical (unpaired) electrons. The predicted molar refractivity (Wildman–Crippen MR) is 46.1 cm³/mol. The van der Waals surface area contributed by atoms with E-state index < -0.39 is 11.5 Å². The van der Waals surface area contributed by atoms with Crippen LogP contribution in [0.3, 0.4) is 0 Å². The lowest BCUT2D eigenvalue weighted by Crippen LogP contribution is -2.22. The maximum absolute atomic E-state index is 10.9. The molecule has 6 nitrogen and oxygen atoms in total. The number of hydrogen-bond donors (Lipinski definition) is 2. The average molecular weight is 183 g/mol. The standard InChI is InChI=1S/C7H9N3O3/c1-10(2)5-3-4(7(12)13)6(11)9-8-5/h3H,1-2H3,(H,9,11)(H,12,13). The van der Waals surface area contributed by atoms with E-state index in [9.17, 15) is 9.59 Å². The third-order valence-electron chi connectivity index (χ3n) is 1.48. The van der Waals surface area contributed by atoms with Gasteiger partial charge in [0.05, 0.1) is 0 Å². The van der Waals surface area contributed by atoms with Gasteiger partial charge < -0.3 is 10.0 Å². The SMILES string of the molecule is CN(C)c1cc(C(=O)O)c(=O)[nH]n1. The molecule has 0 amide bonds. The molecule has 6 heteroatoms. The van der Waals surface area contributed by atoms with Crippen molar-refractivity contribution in [3.63, 3.8) is 0 Å². The first-order chi connectivity index (χ1) is 6.02. The number of H-pyrrole nitrogens is 1. The van der Waals surface area contributed by atoms with Crippen LogP contribution in [0.2, 0.25) is 0 Å². The van der Waals surface area contributed by atoms with Gasteiger partial charge in [0, 0.05) is 20.2 Å². The van der Waals surface area contributed by atoms with Gasteiger partial charge in [-0.05, 0) is 0 Å². The van der Waals surface area contributed by atoms with Gasteiger partial charge in [-0.2, -0.15) is 5.10 Å². The minimum atomic E-state index is -1.26. The van der Waals surface area contributed by atoms with Crippen molar-refractivity contribution in [2.45, 2.75) is 0 Å². The topological polar surface area (TPSA) is 86.3 Å². The molecule has 0 unspecified atom stereocenters. The van der Waals surface area contributed by atoms with E-state index >= 15 is 0 Å². The first kappa shape index (κ1) is 9.24. The van der Waals surface area contributed by atoms with E-state index in [1.165, 1.54) is 6.07 Å². The molecule has 1 heterocycles. The van der Waals surface area contributed by atoms with Crippen LogP contribution in [-0.4, -0.2) is 35.4 Å². The Morgan fingerprint density at radius 3 is 2.69 bits per heavy atom. The van der Waals surface area contributed by atoms with Crippen molar-refractivity contribution in [1.82, 2.24) is 10.2 Å². The zero-order chi connectivity index (χ0) is 10.0. The van der Waals surface area contributed by atoms with E-state index in [0.29, 0.717) is 5.82 Å². The minimum absolute atomic E-state index is 0.307. The fourth-order valence-corrected chi connectivity index (χ4v) is 0.783. The fourth-order valence-electron chi connectivity index (χ4n) is 0.783. The highest BCUT2D eigenvalue weighted by Gasteiger charge is 2.10. The number of anilines is 1. The highest BCUT2D eigenvalue weighted by molar-refractivity contribution is 5.87. The van der Waals surface area contributed by atoms with Gasteiger partial charge in [-0.3, -0.25) is 4.79 Å². The normalized spacial score (nSPS) is 9.69. The summed E-state index contributed by atoms with van der Waals surface area (Å²) in [5.74, 6) is -0.858. The molecular formula is C7H9N3O3. The summed E-state index contributed by atoms with van der Waals surface area (Å²) >= 11 is 0. The largest absolute Gasteiger partial charge is 0.477 e. The Morgan fingerprint density at radius 1 is 1.62 bits per heavy atom. The summed E-state index contributed by atoms with van der Waals surface area (Å²) in [5, 5.41) is 14.4. The molecule has 1 aromatic rings. The van der Waals surface area contributed by atoms with Gasteiger partial charge in [0.15, 0.2) is 0 Å². The monoisotopic (exact) mass is 183 g/mol. The van der Waals surface area contributed by atoms with Gasteiger partial charge in [-0.25, -0.2) is 9.89 Å². The van der Waals surface area contributed by atoms with Crippen molar-refractivity contribution in [2.24, 2.45) is 0 Å². The quantitative estimate of drug-likeness (QED) is 0.647. The molecule has 0 spiro atoms. The summed E-state index contributed by atoms with van der Waals surface area (Å²) in [6.07, 6.45) is 0. The van der Waals surface area contributed by atoms with Gasteiger partial charge in [-0.1, -0.05) is 0 Å². The second-order valence-corrected chi connectivity index (χ2v) is 2.67. The molecule has 0 aliphatic carbocycles. The third-order valence-corrected chi connectivity index (χ3v) is 1.48. The Hall–Kier alpha value is -1.85. The Balaban J connectivity index is 3.27. The number of nitrogens with zero attached hydrogens (tertiary/aromatic N) is 2. The number of aromatic amines is 1. The van der Waals surface area contributed by atoms with Crippen molar-refractivity contribution >= 4 is 11.8 Å². The molecule has 13 heavy (non-hydrogen) atoms. The van der Waals surface area contributed by atoms with Crippen molar-refractivity contribution in [1.29, 1.82) is 0 Å². The number of rotatable bonds is 2. The van der Waals surface area contributed by atoms with E-state index in [1.54, 1.807) is 19.0 Å². The van der Waals surface area contributed by atoms with Crippen LogP contribution >= 0.6 is 0 Å². The van der Waals surface area contributed by atoms with Crippen LogP contribution < -0.4 is 10.5 Å². The molecule has 1 rings (SSSR count). The lowest BCUT2D eigenvalue weighted by atomic mass is 10.3. The summed E-state index contributed by atoms with van der Waals surface area (Å²) in [4.78, 5) is 23.0. The molecular weight excluding hydrogens is 174 g/mol. The fraction of sp³-hybridized carbons (Fsp3) is 0.286. The highest BCUT2D eigenvalue weighted by atomic mass is 16.4. The molecule has 0 aromatic carbocycles. The van der Waals surface area contributed by atoms with E-state index in [4.69, 9.17) is 5.11 Å². The van der Waals surface area contributed by atoms with Crippen LogP contribution in [-0.2, 0) is 0 Å². The van der Waals surface area contributed by atoms with E-state index in [0.717, 1.165) is 0 Å². The number of aromatic nitrogens is 2. The van der Waals surface area contributed by atoms with Crippen molar-refractivity contribution in [3.8, 4) is 0 Å². The number of aromatic carboxylic acids is 1. The van der Waals surface area contributed by atoms with Crippen molar-refractivity contribution < 1.29 is 9.90 Å². The molecule has 70 valence electrons. The van der Waals surface area contributed by atoms with Crippen LogP contribution in [0, 0.1) is 0 Å². The molecule has 2 N–H and O–H groups in total. The first-order valence-corrected chi connectivity index (χ1v) is 3.52. The van der Waals surface area contributed by atoms with Crippen molar-refractivity contribution in [3.05, 3.63) is 22.0 Å². The molecule has 0 bridgehead atoms. The highest BCUT2D eigenvalue weighted by Crippen LogP contribution is 2.04. The van der Waals surface area contributed by atoms with E-state index in [-0.39, 0.29) is 5.56 Å². The zero-order valence-electron chi connectivity index (χ0n) is 7.24. The number of nitrogens with one attached hydrogen (secondary N) is 1. The van der Waals surface area contributed by atoms with Crippen LogP contribution in [0.5, 0.6) is 0 Å². The van der Waals surface area contributed by atoms with E-state index in [1.807, 2.05) is 0 Å². The molecule has 0 saturated heterocycles. The second kappa shape index (κ2) is 3.26. The number of carbonyl (C=O) groups is 1. The average Bonchev–Trinajstić information content (AvgIpc) is 2.04. The first-order valence-electron chi connectivity index (χ1n) is 3.52. The third kappa shape index (κ3) is 1.84. The number of carboxylic acid groups (broad SMARTS) is 1. The maximum Gasteiger partial charge on any atom is 0.341 e. The van der Waals surface area contributed by atoms with Gasteiger partial charge in [0.2, 0.25) is 0 Å². The Bertz CT molecular complexity index is 383. The Kier molecular flexibility index (Phi) is 2.32. The van der Waals surface area contributed by atoms with Crippen LogP contribution in [0.25, 0.3) is 0 Å². The van der Waals surface area contributed by atoms with Gasteiger partial charge >= 0.3 is 5.97 Å². The number of hydrogen-bond acceptors (Lipinski definition) is 4. The summed E-state index contributed by atoms with van der Waals surface area (Å²) < 4.78 is 0. The summed E-state index contributed by atoms with van der Waals surface area (Å²) in [6.45, 7) is 0. The summed E-state index contributed by atoms with van der Waals surface area (Å²) in [5.41, 5.74) is -1.00. The van der Waals surface area contributed by atoms with Gasteiger partial charge in [0.1, 0.15) is 11.4 Å². The van der Waals surface area contributed by atoms with E-state index in [2.05, 4.69) is 10.2 Å². The molecule has 1 aromatic heterocycles. The lowest BCUT2D eigenvalue weighted by Gasteiger charge is -2.09. The van der Waals surface area contributed by atoms with Gasteiger partial charge in [0.25, 0.3) is 5.56 Å². The zero-order valence-corrected chi connectivity index (χ0v) is 7.24. The molecule has 0 aliphatic heterocycles. The Morgan fingerprint density at radius 2 is 2.23 bits per heavy atom. The molecule has 0 atom stereocenters. The van der Waals surface area contributed by atoms with Crippen LogP contribution in [0.4, 0.5) is 5.82 Å². The maximum atomic E-state index is 10.9. The molecule has 0 aliphatic rings. The summed E-state index contributed by atoms with van der Waals surface area (Å²) in [7, 11) is 3.40. The smallest absolute Gasteiger partial charge is 0.341 e. The lowest BCUT2D eigenvalue weighted by molar-refractivity contribution is 0.0694. The Labute approximate surface area is 73.8 Å². The predicted octanol–water partition coefficient (Wildman–Crippen LogP) is -0.466.